The maximum Gasteiger partial charge on any atom is 0.253 e. The fraction of sp³-hybridized carbons (Fsp3) is 0.185. The van der Waals surface area contributed by atoms with Crippen LogP contribution in [0.2, 0.25) is 0 Å². The van der Waals surface area contributed by atoms with E-state index < -0.39 is 0 Å². The van der Waals surface area contributed by atoms with E-state index in [9.17, 15) is 9.59 Å². The third kappa shape index (κ3) is 6.38. The van der Waals surface area contributed by atoms with Crippen molar-refractivity contribution in [3.63, 3.8) is 0 Å². The van der Waals surface area contributed by atoms with Crippen LogP contribution in [0.4, 0.5) is 5.69 Å². The van der Waals surface area contributed by atoms with Crippen molar-refractivity contribution < 1.29 is 23.8 Å². The SMILES string of the molecule is COc1ccccc1/C=C/C(=O)Nc1ccccc1C(=O)NCCc1ccc(OC)c(OC)c1. The fourth-order valence-electron chi connectivity index (χ4n) is 3.39. The zero-order chi connectivity index (χ0) is 24.3. The van der Waals surface area contributed by atoms with Crippen LogP contribution in [-0.2, 0) is 11.2 Å². The minimum atomic E-state index is -0.350. The van der Waals surface area contributed by atoms with Crippen LogP contribution in [0.1, 0.15) is 21.5 Å². The van der Waals surface area contributed by atoms with Gasteiger partial charge in [-0.15, -0.1) is 0 Å². The Labute approximate surface area is 199 Å². The van der Waals surface area contributed by atoms with E-state index in [1.807, 2.05) is 42.5 Å². The van der Waals surface area contributed by atoms with E-state index in [1.54, 1.807) is 51.7 Å². The lowest BCUT2D eigenvalue weighted by Gasteiger charge is -2.12. The monoisotopic (exact) mass is 460 g/mol. The average molecular weight is 461 g/mol. The Balaban J connectivity index is 1.61. The summed E-state index contributed by atoms with van der Waals surface area (Å²) in [6.45, 7) is 0.421. The first-order valence-corrected chi connectivity index (χ1v) is 10.8. The first-order valence-electron chi connectivity index (χ1n) is 10.8. The number of rotatable bonds is 10. The fourth-order valence-corrected chi connectivity index (χ4v) is 3.39. The Morgan fingerprint density at radius 2 is 1.53 bits per heavy atom. The summed E-state index contributed by atoms with van der Waals surface area (Å²) < 4.78 is 15.9. The molecule has 7 nitrogen and oxygen atoms in total. The van der Waals surface area contributed by atoms with E-state index in [2.05, 4.69) is 10.6 Å². The summed E-state index contributed by atoms with van der Waals surface area (Å²) in [6.07, 6.45) is 3.69. The van der Waals surface area contributed by atoms with Crippen molar-refractivity contribution in [3.05, 3.63) is 89.5 Å². The molecule has 2 N–H and O–H groups in total. The van der Waals surface area contributed by atoms with Gasteiger partial charge in [-0.1, -0.05) is 36.4 Å². The summed E-state index contributed by atoms with van der Waals surface area (Å²) in [6, 6.07) is 19.9. The average Bonchev–Trinajstić information content (AvgIpc) is 2.87. The van der Waals surface area contributed by atoms with E-state index >= 15 is 0 Å². The van der Waals surface area contributed by atoms with Gasteiger partial charge in [-0.25, -0.2) is 0 Å². The van der Waals surface area contributed by atoms with Crippen LogP contribution in [0.25, 0.3) is 6.08 Å². The molecule has 0 fully saturated rings. The third-order valence-electron chi connectivity index (χ3n) is 5.13. The second-order valence-corrected chi connectivity index (χ2v) is 7.31. The van der Waals surface area contributed by atoms with Gasteiger partial charge in [-0.05, 0) is 48.4 Å². The molecule has 176 valence electrons. The highest BCUT2D eigenvalue weighted by atomic mass is 16.5. The summed E-state index contributed by atoms with van der Waals surface area (Å²) in [4.78, 5) is 25.3. The molecule has 3 aromatic carbocycles. The maximum absolute atomic E-state index is 12.8. The minimum Gasteiger partial charge on any atom is -0.496 e. The van der Waals surface area contributed by atoms with Crippen LogP contribution < -0.4 is 24.8 Å². The highest BCUT2D eigenvalue weighted by Gasteiger charge is 2.12. The van der Waals surface area contributed by atoms with E-state index in [0.717, 1.165) is 11.1 Å². The molecule has 0 atom stereocenters. The smallest absolute Gasteiger partial charge is 0.253 e. The summed E-state index contributed by atoms with van der Waals surface area (Å²) in [5.41, 5.74) is 2.59. The molecular formula is C27H28N2O5. The molecule has 0 saturated heterocycles. The van der Waals surface area contributed by atoms with E-state index in [1.165, 1.54) is 6.08 Å². The van der Waals surface area contributed by atoms with Gasteiger partial charge in [-0.2, -0.15) is 0 Å². The molecule has 0 aliphatic heterocycles. The number of hydrogen-bond acceptors (Lipinski definition) is 5. The molecular weight excluding hydrogens is 432 g/mol. The number of anilines is 1. The number of methoxy groups -OCH3 is 3. The molecule has 3 aromatic rings. The summed E-state index contributed by atoms with van der Waals surface area (Å²) in [5.74, 6) is 1.34. The molecule has 0 aliphatic carbocycles. The van der Waals surface area contributed by atoms with Crippen molar-refractivity contribution >= 4 is 23.6 Å². The largest absolute Gasteiger partial charge is 0.496 e. The molecule has 0 bridgehead atoms. The molecule has 2 amide bonds. The summed E-state index contributed by atoms with van der Waals surface area (Å²) in [7, 11) is 4.75. The molecule has 34 heavy (non-hydrogen) atoms. The highest BCUT2D eigenvalue weighted by molar-refractivity contribution is 6.07. The van der Waals surface area contributed by atoms with Crippen LogP contribution in [0.5, 0.6) is 17.2 Å². The Bertz CT molecular complexity index is 1170. The summed E-state index contributed by atoms with van der Waals surface area (Å²) >= 11 is 0. The molecule has 0 saturated carbocycles. The molecule has 3 rings (SSSR count). The number of carbonyl (C=O) groups is 2. The molecule has 0 aromatic heterocycles. The maximum atomic E-state index is 12.8. The second-order valence-electron chi connectivity index (χ2n) is 7.31. The molecule has 0 radical (unpaired) electrons. The number of amides is 2. The Morgan fingerprint density at radius 1 is 0.824 bits per heavy atom. The van der Waals surface area contributed by atoms with Gasteiger partial charge >= 0.3 is 0 Å². The molecule has 0 heterocycles. The zero-order valence-corrected chi connectivity index (χ0v) is 19.5. The Morgan fingerprint density at radius 3 is 2.29 bits per heavy atom. The number of hydrogen-bond donors (Lipinski definition) is 2. The van der Waals surface area contributed by atoms with E-state index in [4.69, 9.17) is 14.2 Å². The second kappa shape index (κ2) is 12.1. The zero-order valence-electron chi connectivity index (χ0n) is 19.5. The standard InChI is InChI=1S/C27H28N2O5/c1-32-23-11-7-4-8-20(23)13-15-26(30)29-22-10-6-5-9-21(22)27(31)28-17-16-19-12-14-24(33-2)25(18-19)34-3/h4-15,18H,16-17H2,1-3H3,(H,28,31)(H,29,30)/b15-13+. The number of benzene rings is 3. The lowest BCUT2D eigenvalue weighted by Crippen LogP contribution is -2.27. The first-order chi connectivity index (χ1) is 16.5. The molecule has 7 heteroatoms. The number of para-hydroxylation sites is 2. The van der Waals surface area contributed by atoms with Crippen molar-refractivity contribution in [2.45, 2.75) is 6.42 Å². The van der Waals surface area contributed by atoms with Gasteiger partial charge in [0.15, 0.2) is 11.5 Å². The van der Waals surface area contributed by atoms with Crippen LogP contribution in [0, 0.1) is 0 Å². The predicted molar refractivity (Wildman–Crippen MR) is 133 cm³/mol. The molecule has 0 spiro atoms. The minimum absolute atomic E-state index is 0.273. The number of nitrogens with one attached hydrogen (secondary N) is 2. The van der Waals surface area contributed by atoms with Gasteiger partial charge in [0.05, 0.1) is 32.6 Å². The highest BCUT2D eigenvalue weighted by Crippen LogP contribution is 2.27. The Kier molecular flexibility index (Phi) is 8.68. The van der Waals surface area contributed by atoms with Gasteiger partial charge in [0, 0.05) is 18.2 Å². The van der Waals surface area contributed by atoms with Crippen molar-refractivity contribution in [2.24, 2.45) is 0 Å². The Hall–Kier alpha value is -4.26. The molecule has 0 unspecified atom stereocenters. The van der Waals surface area contributed by atoms with Gasteiger partial charge < -0.3 is 24.8 Å². The number of carbonyl (C=O) groups excluding carboxylic acids is 2. The lowest BCUT2D eigenvalue weighted by atomic mass is 10.1. The van der Waals surface area contributed by atoms with Crippen molar-refractivity contribution in [3.8, 4) is 17.2 Å². The molecule has 0 aliphatic rings. The third-order valence-corrected chi connectivity index (χ3v) is 5.13. The lowest BCUT2D eigenvalue weighted by molar-refractivity contribution is -0.111. The van der Waals surface area contributed by atoms with Crippen LogP contribution in [0.3, 0.4) is 0 Å². The van der Waals surface area contributed by atoms with Crippen LogP contribution in [0.15, 0.2) is 72.8 Å². The van der Waals surface area contributed by atoms with Crippen molar-refractivity contribution in [1.82, 2.24) is 5.32 Å². The van der Waals surface area contributed by atoms with Crippen molar-refractivity contribution in [1.29, 1.82) is 0 Å². The van der Waals surface area contributed by atoms with Gasteiger partial charge in [0.2, 0.25) is 5.91 Å². The van der Waals surface area contributed by atoms with E-state index in [-0.39, 0.29) is 11.8 Å². The van der Waals surface area contributed by atoms with Crippen LogP contribution >= 0.6 is 0 Å². The predicted octanol–water partition coefficient (Wildman–Crippen LogP) is 4.34. The van der Waals surface area contributed by atoms with Gasteiger partial charge in [0.25, 0.3) is 5.91 Å². The van der Waals surface area contributed by atoms with Crippen LogP contribution in [-0.4, -0.2) is 39.7 Å². The number of ether oxygens (including phenoxy) is 3. The topological polar surface area (TPSA) is 85.9 Å². The quantitative estimate of drug-likeness (QED) is 0.440. The normalized spacial score (nSPS) is 10.6. The van der Waals surface area contributed by atoms with Gasteiger partial charge in [0.1, 0.15) is 5.75 Å². The van der Waals surface area contributed by atoms with E-state index in [0.29, 0.717) is 41.5 Å². The van der Waals surface area contributed by atoms with Gasteiger partial charge in [-0.3, -0.25) is 9.59 Å². The summed E-state index contributed by atoms with van der Waals surface area (Å²) in [5, 5.41) is 5.68. The first kappa shape index (κ1) is 24.4. The van der Waals surface area contributed by atoms with Crippen molar-refractivity contribution in [2.75, 3.05) is 33.2 Å².